The minimum absolute atomic E-state index is 0.145. The molecule has 0 aromatic heterocycles. The van der Waals surface area contributed by atoms with Gasteiger partial charge in [-0.1, -0.05) is 26.0 Å². The van der Waals surface area contributed by atoms with E-state index in [-0.39, 0.29) is 16.7 Å². The van der Waals surface area contributed by atoms with E-state index >= 15 is 0 Å². The number of hydrogen-bond donors (Lipinski definition) is 1. The average Bonchev–Trinajstić information content (AvgIpc) is 2.35. The Morgan fingerprint density at radius 1 is 1.35 bits per heavy atom. The van der Waals surface area contributed by atoms with Crippen LogP contribution >= 0.6 is 0 Å². The molecule has 4 nitrogen and oxygen atoms in total. The van der Waals surface area contributed by atoms with Crippen LogP contribution in [0.5, 0.6) is 0 Å². The summed E-state index contributed by atoms with van der Waals surface area (Å²) in [4.78, 5) is 10.1. The first kappa shape index (κ1) is 13.6. The topological polar surface area (TPSA) is 69.2 Å². The fraction of sp³-hybridized carbons (Fsp3) is 0.538. The molecule has 0 fully saturated rings. The molecule has 1 rings (SSSR count). The SMILES string of the molecule is CCC(N)C(C)CCc1ccc([N+](=O)[O-])cc1. The first-order valence-electron chi connectivity index (χ1n) is 6.03. The molecule has 0 saturated heterocycles. The summed E-state index contributed by atoms with van der Waals surface area (Å²) >= 11 is 0. The normalized spacial score (nSPS) is 14.3. The van der Waals surface area contributed by atoms with Crippen molar-refractivity contribution in [3.05, 3.63) is 39.9 Å². The van der Waals surface area contributed by atoms with Gasteiger partial charge in [0, 0.05) is 18.2 Å². The molecule has 0 aliphatic heterocycles. The van der Waals surface area contributed by atoms with Crippen molar-refractivity contribution in [1.82, 2.24) is 0 Å². The number of nitro benzene ring substituents is 1. The molecule has 0 heterocycles. The highest BCUT2D eigenvalue weighted by molar-refractivity contribution is 5.32. The second kappa shape index (κ2) is 6.35. The van der Waals surface area contributed by atoms with Gasteiger partial charge in [-0.3, -0.25) is 10.1 Å². The van der Waals surface area contributed by atoms with Crippen LogP contribution in [-0.4, -0.2) is 11.0 Å². The summed E-state index contributed by atoms with van der Waals surface area (Å²) in [5, 5.41) is 10.5. The maximum atomic E-state index is 10.5. The molecular weight excluding hydrogens is 216 g/mol. The Kier molecular flexibility index (Phi) is 5.10. The molecule has 1 aromatic rings. The van der Waals surface area contributed by atoms with Gasteiger partial charge in [0.15, 0.2) is 0 Å². The number of non-ortho nitro benzene ring substituents is 1. The van der Waals surface area contributed by atoms with Crippen LogP contribution in [0.1, 0.15) is 32.3 Å². The Balaban J connectivity index is 2.50. The summed E-state index contributed by atoms with van der Waals surface area (Å²) < 4.78 is 0. The molecule has 94 valence electrons. The Morgan fingerprint density at radius 3 is 2.41 bits per heavy atom. The molecule has 17 heavy (non-hydrogen) atoms. The van der Waals surface area contributed by atoms with Crippen molar-refractivity contribution in [1.29, 1.82) is 0 Å². The molecule has 2 atom stereocenters. The van der Waals surface area contributed by atoms with E-state index in [0.29, 0.717) is 5.92 Å². The lowest BCUT2D eigenvalue weighted by molar-refractivity contribution is -0.384. The van der Waals surface area contributed by atoms with Crippen LogP contribution in [0, 0.1) is 16.0 Å². The van der Waals surface area contributed by atoms with E-state index in [9.17, 15) is 10.1 Å². The molecule has 0 aliphatic carbocycles. The van der Waals surface area contributed by atoms with Crippen molar-refractivity contribution in [3.63, 3.8) is 0 Å². The number of nitrogens with two attached hydrogens (primary N) is 1. The second-order valence-corrected chi connectivity index (χ2v) is 4.51. The van der Waals surface area contributed by atoms with Crippen LogP contribution in [0.2, 0.25) is 0 Å². The standard InChI is InChI=1S/C13H20N2O2/c1-3-13(14)10(2)4-5-11-6-8-12(9-7-11)15(16)17/h6-10,13H,3-5,14H2,1-2H3. The molecule has 4 heteroatoms. The quantitative estimate of drug-likeness (QED) is 0.610. The smallest absolute Gasteiger partial charge is 0.269 e. The maximum absolute atomic E-state index is 10.5. The van der Waals surface area contributed by atoms with Crippen LogP contribution in [0.25, 0.3) is 0 Å². The molecule has 1 aromatic carbocycles. The van der Waals surface area contributed by atoms with Gasteiger partial charge in [0.25, 0.3) is 5.69 Å². The fourth-order valence-electron chi connectivity index (χ4n) is 1.80. The van der Waals surface area contributed by atoms with E-state index in [4.69, 9.17) is 5.73 Å². The van der Waals surface area contributed by atoms with Crippen molar-refractivity contribution in [2.24, 2.45) is 11.7 Å². The molecule has 2 N–H and O–H groups in total. The average molecular weight is 236 g/mol. The van der Waals surface area contributed by atoms with E-state index in [1.807, 2.05) is 12.1 Å². The Hall–Kier alpha value is -1.42. The zero-order valence-electron chi connectivity index (χ0n) is 10.4. The summed E-state index contributed by atoms with van der Waals surface area (Å²) in [6, 6.07) is 7.00. The highest BCUT2D eigenvalue weighted by atomic mass is 16.6. The lowest BCUT2D eigenvalue weighted by Crippen LogP contribution is -2.27. The van der Waals surface area contributed by atoms with E-state index < -0.39 is 0 Å². The third-order valence-corrected chi connectivity index (χ3v) is 3.24. The number of rotatable bonds is 6. The number of aryl methyl sites for hydroxylation is 1. The van der Waals surface area contributed by atoms with Crippen LogP contribution in [0.4, 0.5) is 5.69 Å². The number of nitrogens with zero attached hydrogens (tertiary/aromatic N) is 1. The number of nitro groups is 1. The van der Waals surface area contributed by atoms with E-state index in [1.165, 1.54) is 0 Å². The van der Waals surface area contributed by atoms with Crippen LogP contribution in [0.15, 0.2) is 24.3 Å². The van der Waals surface area contributed by atoms with Gasteiger partial charge in [-0.2, -0.15) is 0 Å². The van der Waals surface area contributed by atoms with Gasteiger partial charge >= 0.3 is 0 Å². The zero-order valence-corrected chi connectivity index (χ0v) is 10.4. The van der Waals surface area contributed by atoms with Gasteiger partial charge in [-0.05, 0) is 30.7 Å². The lowest BCUT2D eigenvalue weighted by atomic mass is 9.93. The van der Waals surface area contributed by atoms with Gasteiger partial charge in [-0.25, -0.2) is 0 Å². The first-order valence-corrected chi connectivity index (χ1v) is 6.03. The highest BCUT2D eigenvalue weighted by Gasteiger charge is 2.11. The zero-order chi connectivity index (χ0) is 12.8. The molecule has 0 bridgehead atoms. The molecule has 0 aliphatic rings. The van der Waals surface area contributed by atoms with Crippen molar-refractivity contribution in [2.45, 2.75) is 39.2 Å². The number of benzene rings is 1. The minimum Gasteiger partial charge on any atom is -0.327 e. The predicted octanol–water partition coefficient (Wildman–Crippen LogP) is 2.90. The fourth-order valence-corrected chi connectivity index (χ4v) is 1.80. The Morgan fingerprint density at radius 2 is 1.94 bits per heavy atom. The number of hydrogen-bond acceptors (Lipinski definition) is 3. The van der Waals surface area contributed by atoms with Crippen LogP contribution in [0.3, 0.4) is 0 Å². The third-order valence-electron chi connectivity index (χ3n) is 3.24. The Labute approximate surface area is 102 Å². The van der Waals surface area contributed by atoms with Crippen LogP contribution in [-0.2, 0) is 6.42 Å². The molecule has 0 radical (unpaired) electrons. The van der Waals surface area contributed by atoms with Crippen molar-refractivity contribution in [2.75, 3.05) is 0 Å². The molecule has 0 spiro atoms. The largest absolute Gasteiger partial charge is 0.327 e. The van der Waals surface area contributed by atoms with Gasteiger partial charge in [0.1, 0.15) is 0 Å². The van der Waals surface area contributed by atoms with E-state index in [0.717, 1.165) is 24.8 Å². The van der Waals surface area contributed by atoms with Gasteiger partial charge < -0.3 is 5.73 Å². The van der Waals surface area contributed by atoms with Gasteiger partial charge in [-0.15, -0.1) is 0 Å². The van der Waals surface area contributed by atoms with Crippen molar-refractivity contribution >= 4 is 5.69 Å². The monoisotopic (exact) mass is 236 g/mol. The maximum Gasteiger partial charge on any atom is 0.269 e. The molecule has 0 saturated carbocycles. The van der Waals surface area contributed by atoms with E-state index in [2.05, 4.69) is 13.8 Å². The second-order valence-electron chi connectivity index (χ2n) is 4.51. The highest BCUT2D eigenvalue weighted by Crippen LogP contribution is 2.16. The predicted molar refractivity (Wildman–Crippen MR) is 68.8 cm³/mol. The molecular formula is C13H20N2O2. The van der Waals surface area contributed by atoms with Crippen LogP contribution < -0.4 is 5.73 Å². The summed E-state index contributed by atoms with van der Waals surface area (Å²) in [6.45, 7) is 4.24. The van der Waals surface area contributed by atoms with Gasteiger partial charge in [0.05, 0.1) is 4.92 Å². The van der Waals surface area contributed by atoms with E-state index in [1.54, 1.807) is 12.1 Å². The van der Waals surface area contributed by atoms with Crippen molar-refractivity contribution < 1.29 is 4.92 Å². The third kappa shape index (κ3) is 4.15. The molecule has 0 amide bonds. The minimum atomic E-state index is -0.376. The summed E-state index contributed by atoms with van der Waals surface area (Å²) in [7, 11) is 0. The molecule has 2 unspecified atom stereocenters. The van der Waals surface area contributed by atoms with Gasteiger partial charge in [0.2, 0.25) is 0 Å². The lowest BCUT2D eigenvalue weighted by Gasteiger charge is -2.17. The Bertz CT molecular complexity index is 362. The summed E-state index contributed by atoms with van der Waals surface area (Å²) in [6.07, 6.45) is 2.93. The first-order chi connectivity index (χ1) is 8.04. The summed E-state index contributed by atoms with van der Waals surface area (Å²) in [5.41, 5.74) is 7.23. The van der Waals surface area contributed by atoms with Crippen molar-refractivity contribution in [3.8, 4) is 0 Å². The summed E-state index contributed by atoms with van der Waals surface area (Å²) in [5.74, 6) is 0.482.